The number of rotatable bonds is 6. The largest absolute Gasteiger partial charge is 0.493 e. The Bertz CT molecular complexity index is 673. The standard InChI is InChI=1S/C15H17ClN2O3S/c1-4-21-14-11(16)5-10(6-12(14)20-3)15(19)17-7-13-18-9(2)8-22-13/h5-6,8H,4,7H2,1-3H3,(H,17,19). The Morgan fingerprint density at radius 1 is 1.45 bits per heavy atom. The number of carbonyl (C=O) groups is 1. The predicted octanol–water partition coefficient (Wildman–Crippen LogP) is 3.44. The zero-order valence-corrected chi connectivity index (χ0v) is 14.2. The Morgan fingerprint density at radius 2 is 2.23 bits per heavy atom. The van der Waals surface area contributed by atoms with E-state index in [0.717, 1.165) is 10.7 Å². The molecule has 0 aliphatic carbocycles. The summed E-state index contributed by atoms with van der Waals surface area (Å²) in [7, 11) is 1.51. The Kier molecular flexibility index (Phi) is 5.63. The van der Waals surface area contributed by atoms with Crippen LogP contribution in [0.2, 0.25) is 5.02 Å². The molecule has 22 heavy (non-hydrogen) atoms. The Hall–Kier alpha value is -1.79. The van der Waals surface area contributed by atoms with Gasteiger partial charge in [-0.05, 0) is 26.0 Å². The molecule has 0 spiro atoms. The summed E-state index contributed by atoms with van der Waals surface area (Å²) in [4.78, 5) is 16.5. The van der Waals surface area contributed by atoms with Crippen LogP contribution in [0.5, 0.6) is 11.5 Å². The van der Waals surface area contributed by atoms with Gasteiger partial charge in [-0.3, -0.25) is 4.79 Å². The highest BCUT2D eigenvalue weighted by atomic mass is 35.5. The van der Waals surface area contributed by atoms with Gasteiger partial charge in [-0.1, -0.05) is 11.6 Å². The third-order valence-electron chi connectivity index (χ3n) is 2.85. The fourth-order valence-corrected chi connectivity index (χ4v) is 2.85. The normalized spacial score (nSPS) is 10.4. The van der Waals surface area contributed by atoms with Crippen LogP contribution in [-0.4, -0.2) is 24.6 Å². The van der Waals surface area contributed by atoms with Gasteiger partial charge >= 0.3 is 0 Å². The number of nitrogens with zero attached hydrogens (tertiary/aromatic N) is 1. The van der Waals surface area contributed by atoms with Crippen LogP contribution in [0.15, 0.2) is 17.5 Å². The molecular formula is C15H17ClN2O3S. The second kappa shape index (κ2) is 7.47. The van der Waals surface area contributed by atoms with Gasteiger partial charge in [-0.2, -0.15) is 0 Å². The van der Waals surface area contributed by atoms with Crippen LogP contribution < -0.4 is 14.8 Å². The fraction of sp³-hybridized carbons (Fsp3) is 0.333. The third-order valence-corrected chi connectivity index (χ3v) is 4.09. The first kappa shape index (κ1) is 16.6. The van der Waals surface area contributed by atoms with E-state index in [1.54, 1.807) is 12.1 Å². The lowest BCUT2D eigenvalue weighted by atomic mass is 10.2. The monoisotopic (exact) mass is 340 g/mol. The van der Waals surface area contributed by atoms with E-state index in [1.165, 1.54) is 18.4 Å². The number of aromatic nitrogens is 1. The summed E-state index contributed by atoms with van der Waals surface area (Å²) in [6.07, 6.45) is 0. The number of methoxy groups -OCH3 is 1. The number of amides is 1. The minimum Gasteiger partial charge on any atom is -0.493 e. The van der Waals surface area contributed by atoms with Crippen molar-refractivity contribution in [3.05, 3.63) is 38.8 Å². The lowest BCUT2D eigenvalue weighted by Crippen LogP contribution is -2.22. The fourth-order valence-electron chi connectivity index (χ4n) is 1.88. The SMILES string of the molecule is CCOc1c(Cl)cc(C(=O)NCc2nc(C)cs2)cc1OC. The molecule has 2 aromatic rings. The van der Waals surface area contributed by atoms with Gasteiger partial charge in [0.15, 0.2) is 11.5 Å². The number of hydrogen-bond acceptors (Lipinski definition) is 5. The summed E-state index contributed by atoms with van der Waals surface area (Å²) in [5.41, 5.74) is 1.36. The molecule has 1 heterocycles. The topological polar surface area (TPSA) is 60.5 Å². The van der Waals surface area contributed by atoms with Crippen molar-refractivity contribution < 1.29 is 14.3 Å². The van der Waals surface area contributed by atoms with E-state index < -0.39 is 0 Å². The second-order valence-electron chi connectivity index (χ2n) is 4.49. The van der Waals surface area contributed by atoms with Gasteiger partial charge < -0.3 is 14.8 Å². The van der Waals surface area contributed by atoms with Crippen molar-refractivity contribution in [2.24, 2.45) is 0 Å². The van der Waals surface area contributed by atoms with E-state index in [-0.39, 0.29) is 5.91 Å². The minimum atomic E-state index is -0.240. The second-order valence-corrected chi connectivity index (χ2v) is 5.84. The molecule has 0 unspecified atom stereocenters. The van der Waals surface area contributed by atoms with Crippen LogP contribution in [0.1, 0.15) is 28.0 Å². The number of halogens is 1. The van der Waals surface area contributed by atoms with Crippen molar-refractivity contribution in [3.8, 4) is 11.5 Å². The Labute approximate surface area is 138 Å². The van der Waals surface area contributed by atoms with Crippen molar-refractivity contribution in [1.82, 2.24) is 10.3 Å². The van der Waals surface area contributed by atoms with E-state index in [4.69, 9.17) is 21.1 Å². The lowest BCUT2D eigenvalue weighted by molar-refractivity contribution is 0.0950. The number of nitrogens with one attached hydrogen (secondary N) is 1. The molecule has 0 bridgehead atoms. The average Bonchev–Trinajstić information content (AvgIpc) is 2.92. The molecule has 0 aliphatic heterocycles. The summed E-state index contributed by atoms with van der Waals surface area (Å²) >= 11 is 7.67. The summed E-state index contributed by atoms with van der Waals surface area (Å²) < 4.78 is 10.7. The van der Waals surface area contributed by atoms with Crippen molar-refractivity contribution in [3.63, 3.8) is 0 Å². The van der Waals surface area contributed by atoms with E-state index in [9.17, 15) is 4.79 Å². The van der Waals surface area contributed by atoms with Gasteiger partial charge in [0.1, 0.15) is 5.01 Å². The van der Waals surface area contributed by atoms with Crippen LogP contribution in [0.4, 0.5) is 0 Å². The zero-order valence-electron chi connectivity index (χ0n) is 12.6. The van der Waals surface area contributed by atoms with Crippen molar-refractivity contribution in [2.45, 2.75) is 20.4 Å². The van der Waals surface area contributed by atoms with Gasteiger partial charge in [-0.25, -0.2) is 4.98 Å². The molecule has 0 radical (unpaired) electrons. The molecule has 0 saturated heterocycles. The van der Waals surface area contributed by atoms with Crippen LogP contribution in [-0.2, 0) is 6.54 Å². The van der Waals surface area contributed by atoms with Crippen molar-refractivity contribution >= 4 is 28.8 Å². The molecule has 0 atom stereocenters. The maximum absolute atomic E-state index is 12.2. The highest BCUT2D eigenvalue weighted by molar-refractivity contribution is 7.09. The molecule has 1 amide bonds. The van der Waals surface area contributed by atoms with Gasteiger partial charge in [0.25, 0.3) is 5.91 Å². The van der Waals surface area contributed by atoms with Gasteiger partial charge in [0.2, 0.25) is 0 Å². The Morgan fingerprint density at radius 3 is 2.82 bits per heavy atom. The van der Waals surface area contributed by atoms with Gasteiger partial charge in [-0.15, -0.1) is 11.3 Å². The van der Waals surface area contributed by atoms with Crippen molar-refractivity contribution in [2.75, 3.05) is 13.7 Å². The molecule has 2 rings (SSSR count). The van der Waals surface area contributed by atoms with Crippen LogP contribution >= 0.6 is 22.9 Å². The molecule has 1 aromatic heterocycles. The lowest BCUT2D eigenvalue weighted by Gasteiger charge is -2.13. The smallest absolute Gasteiger partial charge is 0.251 e. The number of thiazole rings is 1. The van der Waals surface area contributed by atoms with E-state index in [2.05, 4.69) is 10.3 Å². The molecule has 0 saturated carbocycles. The number of ether oxygens (including phenoxy) is 2. The first-order chi connectivity index (χ1) is 10.5. The Balaban J connectivity index is 2.13. The molecule has 1 aromatic carbocycles. The highest BCUT2D eigenvalue weighted by Gasteiger charge is 2.15. The van der Waals surface area contributed by atoms with Crippen LogP contribution in [0, 0.1) is 6.92 Å². The van der Waals surface area contributed by atoms with E-state index in [1.807, 2.05) is 19.2 Å². The summed E-state index contributed by atoms with van der Waals surface area (Å²) in [6.45, 7) is 4.61. The van der Waals surface area contributed by atoms with Gasteiger partial charge in [0.05, 0.1) is 25.3 Å². The molecule has 5 nitrogen and oxygen atoms in total. The molecule has 0 aliphatic rings. The minimum absolute atomic E-state index is 0.240. The molecule has 0 fully saturated rings. The highest BCUT2D eigenvalue weighted by Crippen LogP contribution is 2.36. The number of benzene rings is 1. The zero-order chi connectivity index (χ0) is 16.1. The van der Waals surface area contributed by atoms with Crippen LogP contribution in [0.3, 0.4) is 0 Å². The quantitative estimate of drug-likeness (QED) is 0.875. The summed E-state index contributed by atoms with van der Waals surface area (Å²) in [5.74, 6) is 0.638. The first-order valence-corrected chi connectivity index (χ1v) is 8.00. The predicted molar refractivity (Wildman–Crippen MR) is 87.2 cm³/mol. The molecule has 7 heteroatoms. The van der Waals surface area contributed by atoms with Crippen molar-refractivity contribution in [1.29, 1.82) is 0 Å². The third kappa shape index (κ3) is 3.90. The number of aryl methyl sites for hydroxylation is 1. The maximum atomic E-state index is 12.2. The maximum Gasteiger partial charge on any atom is 0.251 e. The summed E-state index contributed by atoms with van der Waals surface area (Å²) in [6, 6.07) is 3.18. The number of carbonyl (C=O) groups excluding carboxylic acids is 1. The van der Waals surface area contributed by atoms with E-state index >= 15 is 0 Å². The average molecular weight is 341 g/mol. The molecular weight excluding hydrogens is 324 g/mol. The first-order valence-electron chi connectivity index (χ1n) is 6.74. The van der Waals surface area contributed by atoms with E-state index in [0.29, 0.717) is 35.2 Å². The summed E-state index contributed by atoms with van der Waals surface area (Å²) in [5, 5.41) is 5.96. The number of hydrogen-bond donors (Lipinski definition) is 1. The van der Waals surface area contributed by atoms with Gasteiger partial charge in [0, 0.05) is 16.6 Å². The molecule has 118 valence electrons. The molecule has 1 N–H and O–H groups in total. The van der Waals surface area contributed by atoms with Crippen LogP contribution in [0.25, 0.3) is 0 Å².